The second kappa shape index (κ2) is 58.8. The second-order valence-corrected chi connectivity index (χ2v) is 23.2. The summed E-state index contributed by atoms with van der Waals surface area (Å²) in [5, 5.41) is 0. The van der Waals surface area contributed by atoms with E-state index >= 15 is 0 Å². The SMILES string of the molecule is CC/C=C\C/C=C\C/C=C\C/C=C\C/C=C\C/C=C\C/C=C\C/C=C\C/C=C\C/C=C\CCCCCCCCCCCCC(=O)OC(COC(=O)CCCCCCC/C=C\CCCCCCC)COP(=O)(O)OCC[N+](C)(C)C. The molecule has 0 saturated heterocycles. The number of likely N-dealkylation sites (N-methyl/N-ethyl adjacent to an activating group) is 1. The Morgan fingerprint density at radius 2 is 0.722 bits per heavy atom. The van der Waals surface area contributed by atoms with E-state index in [1.165, 1.54) is 77.0 Å². The third kappa shape index (κ3) is 63.2. The third-order valence-electron chi connectivity index (χ3n) is 12.9. The second-order valence-electron chi connectivity index (χ2n) is 21.7. The molecule has 2 atom stereocenters. The van der Waals surface area contributed by atoms with Crippen LogP contribution in [0.1, 0.15) is 239 Å². The van der Waals surface area contributed by atoms with Crippen LogP contribution in [0.2, 0.25) is 0 Å². The van der Waals surface area contributed by atoms with E-state index in [0.717, 1.165) is 128 Å². The maximum absolute atomic E-state index is 12.8. The Hall–Kier alpha value is -3.85. The molecule has 9 nitrogen and oxygen atoms in total. The van der Waals surface area contributed by atoms with E-state index in [-0.39, 0.29) is 32.0 Å². The number of ether oxygens (including phenoxy) is 2. The fourth-order valence-electron chi connectivity index (χ4n) is 8.10. The van der Waals surface area contributed by atoms with Gasteiger partial charge in [0.25, 0.3) is 0 Å². The van der Waals surface area contributed by atoms with Gasteiger partial charge < -0.3 is 18.9 Å². The van der Waals surface area contributed by atoms with Gasteiger partial charge in [-0.2, -0.15) is 0 Å². The van der Waals surface area contributed by atoms with Crippen molar-refractivity contribution in [2.75, 3.05) is 47.5 Å². The van der Waals surface area contributed by atoms with Gasteiger partial charge in [-0.3, -0.25) is 18.6 Å². The average molecular weight is 1120 g/mol. The number of unbranched alkanes of at least 4 members (excludes halogenated alkanes) is 20. The molecule has 0 rings (SSSR count). The van der Waals surface area contributed by atoms with Crippen LogP contribution < -0.4 is 0 Å². The Morgan fingerprint density at radius 3 is 1.09 bits per heavy atom. The first kappa shape index (κ1) is 75.2. The molecule has 0 aliphatic rings. The molecule has 0 fully saturated rings. The summed E-state index contributed by atoms with van der Waals surface area (Å²) < 4.78 is 34.5. The number of hydrogen-bond acceptors (Lipinski definition) is 7. The van der Waals surface area contributed by atoms with Gasteiger partial charge in [0.1, 0.15) is 19.8 Å². The van der Waals surface area contributed by atoms with Crippen molar-refractivity contribution in [2.45, 2.75) is 245 Å². The van der Waals surface area contributed by atoms with E-state index in [0.29, 0.717) is 17.4 Å². The van der Waals surface area contributed by atoms with Crippen LogP contribution in [0, 0.1) is 0 Å². The van der Waals surface area contributed by atoms with Crippen molar-refractivity contribution < 1.29 is 42.1 Å². The highest BCUT2D eigenvalue weighted by Gasteiger charge is 2.27. The predicted octanol–water partition coefficient (Wildman–Crippen LogP) is 20.1. The van der Waals surface area contributed by atoms with Crippen molar-refractivity contribution in [3.8, 4) is 0 Å². The van der Waals surface area contributed by atoms with Crippen molar-refractivity contribution in [1.82, 2.24) is 0 Å². The lowest BCUT2D eigenvalue weighted by Crippen LogP contribution is -2.37. The van der Waals surface area contributed by atoms with Crippen LogP contribution in [0.15, 0.2) is 134 Å². The van der Waals surface area contributed by atoms with Gasteiger partial charge in [-0.15, -0.1) is 0 Å². The zero-order chi connectivity index (χ0) is 57.7. The molecular weight excluding hydrogens is 1000 g/mol. The monoisotopic (exact) mass is 1120 g/mol. The lowest BCUT2D eigenvalue weighted by Gasteiger charge is -2.24. The minimum Gasteiger partial charge on any atom is -0.462 e. The number of phosphoric ester groups is 1. The molecule has 0 aliphatic heterocycles. The first-order valence-electron chi connectivity index (χ1n) is 31.4. The summed E-state index contributed by atoms with van der Waals surface area (Å²) in [5.74, 6) is -0.818. The van der Waals surface area contributed by atoms with Crippen molar-refractivity contribution in [3.63, 3.8) is 0 Å². The van der Waals surface area contributed by atoms with Crippen LogP contribution in [0.25, 0.3) is 0 Å². The standard InChI is InChI=1S/C69H116NO8P/c1-6-8-10-12-14-16-18-20-22-23-24-25-26-27-28-29-30-31-32-33-34-35-36-37-38-39-40-41-42-43-44-45-46-47-48-50-52-54-56-58-60-62-69(72)78-67(66-77-79(73,74)76-64-63-70(3,4)5)65-75-68(71)61-59-57-55-53-51-49-21-19-17-15-13-11-9-7-2/h8,10,14,16,19-22,24-25,27-28,30-31,33-34,36-37,39-40,42-43,67H,6-7,9,11-13,15,17-18,23,26,29,32,35,38,41,44-66H2,1-5H3/p+1/b10-8-,16-14-,21-19-,22-20-,25-24-,28-27-,31-30-,34-33-,37-36-,40-39-,43-42-. The van der Waals surface area contributed by atoms with Gasteiger partial charge in [-0.1, -0.05) is 244 Å². The van der Waals surface area contributed by atoms with Crippen LogP contribution in [-0.2, 0) is 32.7 Å². The molecule has 2 unspecified atom stereocenters. The van der Waals surface area contributed by atoms with E-state index in [4.69, 9.17) is 18.5 Å². The van der Waals surface area contributed by atoms with Crippen molar-refractivity contribution in [2.24, 2.45) is 0 Å². The summed E-state index contributed by atoms with van der Waals surface area (Å²) in [6.07, 6.45) is 85.4. The number of allylic oxidation sites excluding steroid dienone is 22. The molecular formula is C69H117NO8P+. The maximum atomic E-state index is 12.8. The first-order chi connectivity index (χ1) is 38.5. The summed E-state index contributed by atoms with van der Waals surface area (Å²) in [4.78, 5) is 35.7. The van der Waals surface area contributed by atoms with Crippen molar-refractivity contribution in [1.29, 1.82) is 0 Å². The highest BCUT2D eigenvalue weighted by Crippen LogP contribution is 2.43. The molecule has 0 saturated carbocycles. The molecule has 0 amide bonds. The third-order valence-corrected chi connectivity index (χ3v) is 13.9. The Kier molecular flexibility index (Phi) is 55.9. The predicted molar refractivity (Wildman–Crippen MR) is 339 cm³/mol. The zero-order valence-electron chi connectivity index (χ0n) is 51.1. The van der Waals surface area contributed by atoms with Gasteiger partial charge in [-0.05, 0) is 116 Å². The van der Waals surface area contributed by atoms with Crippen molar-refractivity contribution >= 4 is 19.8 Å². The Balaban J connectivity index is 4.08. The van der Waals surface area contributed by atoms with Crippen LogP contribution in [0.3, 0.4) is 0 Å². The van der Waals surface area contributed by atoms with Gasteiger partial charge in [-0.25, -0.2) is 4.57 Å². The quantitative estimate of drug-likeness (QED) is 0.0211. The lowest BCUT2D eigenvalue weighted by molar-refractivity contribution is -0.870. The Bertz CT molecular complexity index is 1790. The van der Waals surface area contributed by atoms with Crippen LogP contribution in [0.5, 0.6) is 0 Å². The average Bonchev–Trinajstić information content (AvgIpc) is 3.41. The van der Waals surface area contributed by atoms with Gasteiger partial charge in [0.05, 0.1) is 27.7 Å². The van der Waals surface area contributed by atoms with E-state index in [1.54, 1.807) is 0 Å². The largest absolute Gasteiger partial charge is 0.472 e. The van der Waals surface area contributed by atoms with Crippen molar-refractivity contribution in [3.05, 3.63) is 134 Å². The fourth-order valence-corrected chi connectivity index (χ4v) is 8.84. The molecule has 0 aromatic heterocycles. The molecule has 0 aromatic carbocycles. The minimum absolute atomic E-state index is 0.0242. The molecule has 1 N–H and O–H groups in total. The van der Waals surface area contributed by atoms with Crippen LogP contribution in [0.4, 0.5) is 0 Å². The molecule has 0 aromatic rings. The molecule has 79 heavy (non-hydrogen) atoms. The molecule has 10 heteroatoms. The number of phosphoric acid groups is 1. The van der Waals surface area contributed by atoms with Gasteiger partial charge in [0.15, 0.2) is 6.10 Å². The molecule has 0 aliphatic carbocycles. The summed E-state index contributed by atoms with van der Waals surface area (Å²) in [6, 6.07) is 0. The summed E-state index contributed by atoms with van der Waals surface area (Å²) >= 11 is 0. The van der Waals surface area contributed by atoms with Gasteiger partial charge in [0, 0.05) is 12.8 Å². The number of carbonyl (C=O) groups excluding carboxylic acids is 2. The topological polar surface area (TPSA) is 108 Å². The smallest absolute Gasteiger partial charge is 0.462 e. The number of nitrogens with zero attached hydrogens (tertiary/aromatic N) is 1. The summed E-state index contributed by atoms with van der Waals surface area (Å²) in [5.41, 5.74) is 0. The Morgan fingerprint density at radius 1 is 0.405 bits per heavy atom. The molecule has 0 bridgehead atoms. The first-order valence-corrected chi connectivity index (χ1v) is 32.9. The van der Waals surface area contributed by atoms with E-state index in [2.05, 4.69) is 148 Å². The fraction of sp³-hybridized carbons (Fsp3) is 0.652. The van der Waals surface area contributed by atoms with Crippen LogP contribution >= 0.6 is 7.82 Å². The van der Waals surface area contributed by atoms with Crippen LogP contribution in [-0.4, -0.2) is 74.9 Å². The number of esters is 2. The maximum Gasteiger partial charge on any atom is 0.472 e. The molecule has 0 heterocycles. The normalized spacial score (nSPS) is 14.2. The summed E-state index contributed by atoms with van der Waals surface area (Å²) in [6.45, 7) is 4.28. The Labute approximate surface area is 485 Å². The number of carbonyl (C=O) groups is 2. The zero-order valence-corrected chi connectivity index (χ0v) is 52.0. The van der Waals surface area contributed by atoms with E-state index in [1.807, 2.05) is 21.1 Å². The summed E-state index contributed by atoms with van der Waals surface area (Å²) in [7, 11) is 1.46. The highest BCUT2D eigenvalue weighted by atomic mass is 31.2. The lowest BCUT2D eigenvalue weighted by atomic mass is 10.0. The number of rotatable bonds is 56. The minimum atomic E-state index is -4.39. The molecule has 0 spiro atoms. The molecule has 0 radical (unpaired) electrons. The van der Waals surface area contributed by atoms with Gasteiger partial charge >= 0.3 is 19.8 Å². The molecule has 450 valence electrons. The number of hydrogen-bond donors (Lipinski definition) is 1. The van der Waals surface area contributed by atoms with E-state index < -0.39 is 26.5 Å². The van der Waals surface area contributed by atoms with E-state index in [9.17, 15) is 19.0 Å². The van der Waals surface area contributed by atoms with Gasteiger partial charge in [0.2, 0.25) is 0 Å². The number of quaternary nitrogens is 1. The highest BCUT2D eigenvalue weighted by molar-refractivity contribution is 7.47.